The topological polar surface area (TPSA) is 35.1 Å². The molecule has 3 heteroatoms. The molecule has 1 heterocycles. The van der Waals surface area contributed by atoms with Crippen molar-refractivity contribution < 1.29 is 4.42 Å². The van der Waals surface area contributed by atoms with Crippen molar-refractivity contribution in [3.05, 3.63) is 58.6 Å². The van der Waals surface area contributed by atoms with E-state index in [9.17, 15) is 4.79 Å². The van der Waals surface area contributed by atoms with Crippen LogP contribution >= 0.6 is 0 Å². The van der Waals surface area contributed by atoms with E-state index in [0.29, 0.717) is 11.5 Å². The molecule has 0 aliphatic heterocycles. The van der Waals surface area contributed by atoms with Crippen molar-refractivity contribution in [1.82, 2.24) is 4.57 Å². The van der Waals surface area contributed by atoms with Gasteiger partial charge in [0, 0.05) is 0 Å². The zero-order valence-corrected chi connectivity index (χ0v) is 14.0. The summed E-state index contributed by atoms with van der Waals surface area (Å²) in [6, 6.07) is 5.95. The fourth-order valence-electron chi connectivity index (χ4n) is 2.69. The molecule has 0 fully saturated rings. The minimum absolute atomic E-state index is 0.0599. The summed E-state index contributed by atoms with van der Waals surface area (Å²) < 4.78 is 7.20. The third-order valence-corrected chi connectivity index (χ3v) is 4.03. The number of oxazole rings is 1. The van der Waals surface area contributed by atoms with Gasteiger partial charge in [0.15, 0.2) is 5.58 Å². The van der Waals surface area contributed by atoms with Crippen molar-refractivity contribution in [1.29, 1.82) is 0 Å². The van der Waals surface area contributed by atoms with E-state index >= 15 is 0 Å². The molecular weight excluding hydrogens is 274 g/mol. The summed E-state index contributed by atoms with van der Waals surface area (Å²) in [7, 11) is 0. The molecule has 2 aromatic rings. The highest BCUT2D eigenvalue weighted by molar-refractivity contribution is 5.74. The van der Waals surface area contributed by atoms with Gasteiger partial charge in [-0.05, 0) is 50.3 Å². The highest BCUT2D eigenvalue weighted by Crippen LogP contribution is 2.28. The molecule has 1 aromatic heterocycles. The average Bonchev–Trinajstić information content (AvgIpc) is 2.74. The first kappa shape index (κ1) is 16.3. The highest BCUT2D eigenvalue weighted by Gasteiger charge is 2.20. The summed E-state index contributed by atoms with van der Waals surface area (Å²) >= 11 is 0. The number of hydrogen-bond donors (Lipinski definition) is 0. The Morgan fingerprint density at radius 1 is 1.27 bits per heavy atom. The molecule has 0 N–H and O–H groups in total. The van der Waals surface area contributed by atoms with Crippen molar-refractivity contribution in [3.63, 3.8) is 0 Å². The molecule has 1 aromatic carbocycles. The largest absolute Gasteiger partial charge is 0.420 e. The molecule has 3 nitrogen and oxygen atoms in total. The number of benzene rings is 1. The van der Waals surface area contributed by atoms with Crippen molar-refractivity contribution >= 4 is 11.1 Å². The van der Waals surface area contributed by atoms with Gasteiger partial charge in [0.1, 0.15) is 0 Å². The number of rotatable bonds is 6. The minimum atomic E-state index is -0.314. The quantitative estimate of drug-likeness (QED) is 0.688. The molecule has 0 aliphatic carbocycles. The summed E-state index contributed by atoms with van der Waals surface area (Å²) in [5.74, 6) is 0.0871. The maximum Gasteiger partial charge on any atom is 0.420 e. The van der Waals surface area contributed by atoms with Crippen LogP contribution in [0, 0.1) is 0 Å². The smallest absolute Gasteiger partial charge is 0.408 e. The first-order valence-corrected chi connectivity index (χ1v) is 7.76. The van der Waals surface area contributed by atoms with Crippen LogP contribution in [0.15, 0.2) is 51.7 Å². The van der Waals surface area contributed by atoms with Crippen molar-refractivity contribution in [2.24, 2.45) is 0 Å². The highest BCUT2D eigenvalue weighted by atomic mass is 16.4. The van der Waals surface area contributed by atoms with Crippen LogP contribution < -0.4 is 5.76 Å². The Bertz CT molecular complexity index is 761. The fraction of sp³-hybridized carbons (Fsp3) is 0.421. The van der Waals surface area contributed by atoms with Crippen LogP contribution in [0.4, 0.5) is 0 Å². The van der Waals surface area contributed by atoms with Crippen LogP contribution in [-0.2, 0) is 0 Å². The first-order valence-electron chi connectivity index (χ1n) is 7.76. The number of nitrogens with zero attached hydrogens (tertiary/aromatic N) is 1. The maximum atomic E-state index is 12.3. The first-order chi connectivity index (χ1) is 10.3. The lowest BCUT2D eigenvalue weighted by molar-refractivity contribution is 0.455. The van der Waals surface area contributed by atoms with Crippen molar-refractivity contribution in [2.45, 2.75) is 52.5 Å². The number of aromatic nitrogens is 1. The van der Waals surface area contributed by atoms with Crippen LogP contribution in [-0.4, -0.2) is 4.57 Å². The third kappa shape index (κ3) is 3.24. The minimum Gasteiger partial charge on any atom is -0.408 e. The fourth-order valence-corrected chi connectivity index (χ4v) is 2.69. The zero-order valence-electron chi connectivity index (χ0n) is 14.0. The number of hydrogen-bond acceptors (Lipinski definition) is 2. The summed E-state index contributed by atoms with van der Waals surface area (Å²) in [5.41, 5.74) is 4.72. The standard InChI is InChI=1S/C19H25NO2/c1-12(2)7-9-16(14(5)6)20-17-10-8-15(13(3)4)11-18(17)22-19(20)21/h8,10-11,13,16H,1,5,7,9H2,2-4,6H3. The Hall–Kier alpha value is -2.03. The Labute approximate surface area is 131 Å². The molecule has 0 saturated heterocycles. The summed E-state index contributed by atoms with van der Waals surface area (Å²) in [6.45, 7) is 16.2. The van der Waals surface area contributed by atoms with Gasteiger partial charge < -0.3 is 4.42 Å². The Kier molecular flexibility index (Phi) is 4.74. The Morgan fingerprint density at radius 2 is 1.95 bits per heavy atom. The van der Waals surface area contributed by atoms with Gasteiger partial charge in [0.2, 0.25) is 0 Å². The van der Waals surface area contributed by atoms with E-state index in [4.69, 9.17) is 4.42 Å². The van der Waals surface area contributed by atoms with Gasteiger partial charge in [-0.3, -0.25) is 4.57 Å². The van der Waals surface area contributed by atoms with E-state index in [1.54, 1.807) is 4.57 Å². The molecule has 0 bridgehead atoms. The molecule has 0 spiro atoms. The summed E-state index contributed by atoms with van der Waals surface area (Å²) in [6.07, 6.45) is 1.67. The van der Waals surface area contributed by atoms with Crippen LogP contribution in [0.2, 0.25) is 0 Å². The maximum absolute atomic E-state index is 12.3. The average molecular weight is 299 g/mol. The van der Waals surface area contributed by atoms with Crippen LogP contribution in [0.1, 0.15) is 58.1 Å². The summed E-state index contributed by atoms with van der Waals surface area (Å²) in [5, 5.41) is 0. The predicted octanol–water partition coefficient (Wildman–Crippen LogP) is 5.19. The van der Waals surface area contributed by atoms with E-state index in [0.717, 1.165) is 29.5 Å². The lowest BCUT2D eigenvalue weighted by Gasteiger charge is -2.18. The second-order valence-electron chi connectivity index (χ2n) is 6.48. The van der Waals surface area contributed by atoms with Gasteiger partial charge in [-0.2, -0.15) is 0 Å². The van der Waals surface area contributed by atoms with E-state index in [-0.39, 0.29) is 11.8 Å². The molecule has 1 unspecified atom stereocenters. The van der Waals surface area contributed by atoms with Crippen LogP contribution in [0.5, 0.6) is 0 Å². The molecule has 0 radical (unpaired) electrons. The second-order valence-corrected chi connectivity index (χ2v) is 6.48. The lowest BCUT2D eigenvalue weighted by atomic mass is 10.0. The molecule has 118 valence electrons. The molecule has 22 heavy (non-hydrogen) atoms. The van der Waals surface area contributed by atoms with E-state index in [2.05, 4.69) is 33.1 Å². The van der Waals surface area contributed by atoms with E-state index in [1.807, 2.05) is 26.0 Å². The van der Waals surface area contributed by atoms with Gasteiger partial charge in [-0.25, -0.2) is 4.79 Å². The van der Waals surface area contributed by atoms with Crippen LogP contribution in [0.3, 0.4) is 0 Å². The van der Waals surface area contributed by atoms with E-state index < -0.39 is 0 Å². The van der Waals surface area contributed by atoms with Gasteiger partial charge in [0.25, 0.3) is 0 Å². The number of allylic oxidation sites excluding steroid dienone is 2. The molecule has 0 aliphatic rings. The van der Waals surface area contributed by atoms with Gasteiger partial charge in [-0.1, -0.05) is 37.6 Å². The monoisotopic (exact) mass is 299 g/mol. The molecule has 0 saturated carbocycles. The van der Waals surface area contributed by atoms with Crippen molar-refractivity contribution in [3.8, 4) is 0 Å². The Balaban J connectivity index is 2.52. The molecule has 0 amide bonds. The summed E-state index contributed by atoms with van der Waals surface area (Å²) in [4.78, 5) is 12.3. The molecule has 2 rings (SSSR count). The SMILES string of the molecule is C=C(C)CCC(C(=C)C)n1c(=O)oc2cc(C(C)C)ccc21. The predicted molar refractivity (Wildman–Crippen MR) is 92.5 cm³/mol. The zero-order chi connectivity index (χ0) is 16.4. The van der Waals surface area contributed by atoms with Gasteiger partial charge in [0.05, 0.1) is 11.6 Å². The van der Waals surface area contributed by atoms with Crippen LogP contribution in [0.25, 0.3) is 11.1 Å². The third-order valence-electron chi connectivity index (χ3n) is 4.03. The Morgan fingerprint density at radius 3 is 2.50 bits per heavy atom. The second kappa shape index (κ2) is 6.39. The molecule has 1 atom stereocenters. The normalized spacial score (nSPS) is 12.8. The lowest BCUT2D eigenvalue weighted by Crippen LogP contribution is -2.21. The van der Waals surface area contributed by atoms with E-state index in [1.165, 1.54) is 5.56 Å². The van der Waals surface area contributed by atoms with Crippen molar-refractivity contribution in [2.75, 3.05) is 0 Å². The van der Waals surface area contributed by atoms with Gasteiger partial charge in [-0.15, -0.1) is 6.58 Å². The number of fused-ring (bicyclic) bond motifs is 1. The molecular formula is C19H25NO2. The van der Waals surface area contributed by atoms with Gasteiger partial charge >= 0.3 is 5.76 Å².